The first-order valence-electron chi connectivity index (χ1n) is 8.07. The van der Waals surface area contributed by atoms with Crippen LogP contribution in [-0.4, -0.2) is 16.1 Å². The van der Waals surface area contributed by atoms with Gasteiger partial charge in [0.15, 0.2) is 0 Å². The fourth-order valence-corrected chi connectivity index (χ4v) is 3.02. The maximum atomic E-state index is 13.0. The maximum absolute atomic E-state index is 13.0. The molecule has 1 unspecified atom stereocenters. The first kappa shape index (κ1) is 16.7. The van der Waals surface area contributed by atoms with Gasteiger partial charge in [-0.3, -0.25) is 9.36 Å². The highest BCUT2D eigenvalue weighted by molar-refractivity contribution is 6.31. The Bertz CT molecular complexity index is 906. The van der Waals surface area contributed by atoms with Crippen LogP contribution in [0.4, 0.5) is 0 Å². The van der Waals surface area contributed by atoms with E-state index in [1.165, 1.54) is 0 Å². The predicted octanol–water partition coefficient (Wildman–Crippen LogP) is 3.77. The van der Waals surface area contributed by atoms with Crippen LogP contribution in [-0.2, 0) is 6.54 Å². The molecule has 0 spiro atoms. The van der Waals surface area contributed by atoms with Gasteiger partial charge in [-0.15, -0.1) is 0 Å². The average molecular weight is 342 g/mol. The fourth-order valence-electron chi connectivity index (χ4n) is 2.86. The third-order valence-corrected chi connectivity index (χ3v) is 4.26. The summed E-state index contributed by atoms with van der Waals surface area (Å²) in [6.45, 7) is 5.35. The normalized spacial score (nSPS) is 12.5. The van der Waals surface area contributed by atoms with Crippen molar-refractivity contribution in [3.05, 3.63) is 75.3 Å². The van der Waals surface area contributed by atoms with Crippen molar-refractivity contribution in [1.29, 1.82) is 0 Å². The lowest BCUT2D eigenvalue weighted by molar-refractivity contribution is 0.524. The van der Waals surface area contributed by atoms with Crippen LogP contribution in [0.15, 0.2) is 53.3 Å². The van der Waals surface area contributed by atoms with Gasteiger partial charge in [0.1, 0.15) is 5.82 Å². The van der Waals surface area contributed by atoms with Crippen molar-refractivity contribution in [1.82, 2.24) is 14.9 Å². The number of aromatic nitrogens is 2. The minimum absolute atomic E-state index is 0.0326. The van der Waals surface area contributed by atoms with Gasteiger partial charge in [0, 0.05) is 5.02 Å². The van der Waals surface area contributed by atoms with Crippen LogP contribution in [0, 0.1) is 0 Å². The molecule has 3 rings (SSSR count). The Morgan fingerprint density at radius 1 is 1.21 bits per heavy atom. The first-order valence-corrected chi connectivity index (χ1v) is 8.45. The number of nitrogens with one attached hydrogen (secondary N) is 1. The molecule has 4 nitrogen and oxygen atoms in total. The average Bonchev–Trinajstić information content (AvgIpc) is 2.58. The van der Waals surface area contributed by atoms with E-state index in [0.29, 0.717) is 22.5 Å². The highest BCUT2D eigenvalue weighted by Crippen LogP contribution is 2.18. The number of hydrogen-bond acceptors (Lipinski definition) is 3. The zero-order valence-corrected chi connectivity index (χ0v) is 14.5. The van der Waals surface area contributed by atoms with Gasteiger partial charge in [0.25, 0.3) is 5.56 Å². The molecule has 24 heavy (non-hydrogen) atoms. The van der Waals surface area contributed by atoms with E-state index in [-0.39, 0.29) is 11.6 Å². The van der Waals surface area contributed by atoms with Crippen molar-refractivity contribution < 1.29 is 0 Å². The molecule has 5 heteroatoms. The van der Waals surface area contributed by atoms with Crippen molar-refractivity contribution in [2.75, 3.05) is 6.54 Å². The molecule has 0 bridgehead atoms. The Morgan fingerprint density at radius 3 is 2.67 bits per heavy atom. The van der Waals surface area contributed by atoms with E-state index in [4.69, 9.17) is 16.6 Å². The zero-order chi connectivity index (χ0) is 17.1. The van der Waals surface area contributed by atoms with Crippen LogP contribution >= 0.6 is 11.6 Å². The van der Waals surface area contributed by atoms with E-state index in [0.717, 1.165) is 17.9 Å². The molecule has 0 amide bonds. The molecule has 0 aliphatic rings. The second-order valence-corrected chi connectivity index (χ2v) is 6.22. The zero-order valence-electron chi connectivity index (χ0n) is 13.8. The molecule has 1 heterocycles. The lowest BCUT2D eigenvalue weighted by atomic mass is 10.2. The molecule has 0 aliphatic carbocycles. The summed E-state index contributed by atoms with van der Waals surface area (Å²) in [4.78, 5) is 17.8. The van der Waals surface area contributed by atoms with Crippen molar-refractivity contribution in [3.8, 4) is 0 Å². The minimum Gasteiger partial charge on any atom is -0.308 e. The summed E-state index contributed by atoms with van der Waals surface area (Å²) in [5.74, 6) is 0.723. The lowest BCUT2D eigenvalue weighted by Gasteiger charge is -2.19. The SMILES string of the molecule is CCNC(C)c1nc2cc(Cl)ccc2c(=O)n1Cc1ccccc1. The summed E-state index contributed by atoms with van der Waals surface area (Å²) in [6.07, 6.45) is 0. The van der Waals surface area contributed by atoms with Gasteiger partial charge >= 0.3 is 0 Å². The molecule has 0 aliphatic heterocycles. The summed E-state index contributed by atoms with van der Waals surface area (Å²) in [7, 11) is 0. The molecule has 0 saturated carbocycles. The molecule has 1 aromatic heterocycles. The topological polar surface area (TPSA) is 46.9 Å². The maximum Gasteiger partial charge on any atom is 0.261 e. The van der Waals surface area contributed by atoms with Gasteiger partial charge in [-0.05, 0) is 37.2 Å². The smallest absolute Gasteiger partial charge is 0.261 e. The van der Waals surface area contributed by atoms with Crippen molar-refractivity contribution in [2.24, 2.45) is 0 Å². The predicted molar refractivity (Wildman–Crippen MR) is 98.6 cm³/mol. The van der Waals surface area contributed by atoms with Gasteiger partial charge in [-0.2, -0.15) is 0 Å². The summed E-state index contributed by atoms with van der Waals surface area (Å²) in [5.41, 5.74) is 1.66. The molecular formula is C19H20ClN3O. The van der Waals surface area contributed by atoms with Crippen LogP contribution < -0.4 is 10.9 Å². The van der Waals surface area contributed by atoms with E-state index >= 15 is 0 Å². The summed E-state index contributed by atoms with van der Waals surface area (Å²) >= 11 is 6.07. The summed E-state index contributed by atoms with van der Waals surface area (Å²) in [6, 6.07) is 15.1. The molecule has 0 radical (unpaired) electrons. The minimum atomic E-state index is -0.0414. The van der Waals surface area contributed by atoms with Crippen LogP contribution in [0.25, 0.3) is 10.9 Å². The van der Waals surface area contributed by atoms with E-state index < -0.39 is 0 Å². The van der Waals surface area contributed by atoms with Crippen molar-refractivity contribution >= 4 is 22.5 Å². The van der Waals surface area contributed by atoms with Gasteiger partial charge < -0.3 is 5.32 Å². The number of halogens is 1. The van der Waals surface area contributed by atoms with E-state index in [9.17, 15) is 4.79 Å². The number of rotatable bonds is 5. The number of nitrogens with zero attached hydrogens (tertiary/aromatic N) is 2. The van der Waals surface area contributed by atoms with E-state index in [1.807, 2.05) is 44.2 Å². The number of hydrogen-bond donors (Lipinski definition) is 1. The molecule has 0 fully saturated rings. The van der Waals surface area contributed by atoms with E-state index in [2.05, 4.69) is 5.32 Å². The molecule has 3 aromatic rings. The van der Waals surface area contributed by atoms with Crippen molar-refractivity contribution in [3.63, 3.8) is 0 Å². The molecule has 1 N–H and O–H groups in total. The Labute approximate surface area is 146 Å². The Balaban J connectivity index is 2.20. The van der Waals surface area contributed by atoms with Gasteiger partial charge in [0.05, 0.1) is 23.5 Å². The van der Waals surface area contributed by atoms with E-state index in [1.54, 1.807) is 22.8 Å². The third kappa shape index (κ3) is 3.35. The monoisotopic (exact) mass is 341 g/mol. The molecule has 1 atom stereocenters. The number of benzene rings is 2. The summed E-state index contributed by atoms with van der Waals surface area (Å²) < 4.78 is 1.75. The Kier molecular flexibility index (Phi) is 4.97. The highest BCUT2D eigenvalue weighted by Gasteiger charge is 2.16. The lowest BCUT2D eigenvalue weighted by Crippen LogP contribution is -2.31. The Hall–Kier alpha value is -2.17. The van der Waals surface area contributed by atoms with Crippen LogP contribution in [0.3, 0.4) is 0 Å². The largest absolute Gasteiger partial charge is 0.308 e. The summed E-state index contributed by atoms with van der Waals surface area (Å²) in [5, 5.41) is 4.51. The van der Waals surface area contributed by atoms with Crippen LogP contribution in [0.1, 0.15) is 31.3 Å². The third-order valence-electron chi connectivity index (χ3n) is 4.03. The van der Waals surface area contributed by atoms with Gasteiger partial charge in [-0.25, -0.2) is 4.98 Å². The second kappa shape index (κ2) is 7.16. The molecule has 124 valence electrons. The number of fused-ring (bicyclic) bond motifs is 1. The highest BCUT2D eigenvalue weighted by atomic mass is 35.5. The second-order valence-electron chi connectivity index (χ2n) is 5.79. The van der Waals surface area contributed by atoms with Crippen LogP contribution in [0.5, 0.6) is 0 Å². The molecular weight excluding hydrogens is 322 g/mol. The standard InChI is InChI=1S/C19H20ClN3O/c1-3-21-13(2)18-22-17-11-15(20)9-10-16(17)19(24)23(18)12-14-7-5-4-6-8-14/h4-11,13,21H,3,12H2,1-2H3. The van der Waals surface area contributed by atoms with Crippen LogP contribution in [0.2, 0.25) is 5.02 Å². The van der Waals surface area contributed by atoms with Gasteiger partial charge in [0.2, 0.25) is 0 Å². The quantitative estimate of drug-likeness (QED) is 0.768. The van der Waals surface area contributed by atoms with Crippen molar-refractivity contribution in [2.45, 2.75) is 26.4 Å². The Morgan fingerprint density at radius 2 is 1.96 bits per heavy atom. The van der Waals surface area contributed by atoms with Gasteiger partial charge in [-0.1, -0.05) is 48.9 Å². The molecule has 0 saturated heterocycles. The molecule has 2 aromatic carbocycles. The fraction of sp³-hybridized carbons (Fsp3) is 0.263. The first-order chi connectivity index (χ1) is 11.6.